The van der Waals surface area contributed by atoms with Crippen molar-refractivity contribution in [3.05, 3.63) is 16.3 Å². The molecule has 33 heavy (non-hydrogen) atoms. The highest BCUT2D eigenvalue weighted by Gasteiger charge is 2.36. The van der Waals surface area contributed by atoms with Gasteiger partial charge in [0.1, 0.15) is 18.3 Å². The van der Waals surface area contributed by atoms with E-state index in [4.69, 9.17) is 5.11 Å². The highest BCUT2D eigenvalue weighted by Crippen LogP contribution is 2.41. The smallest absolute Gasteiger partial charge is 0.256 e. The van der Waals surface area contributed by atoms with Crippen LogP contribution in [-0.4, -0.2) is 99.6 Å². The van der Waals surface area contributed by atoms with Gasteiger partial charge in [-0.3, -0.25) is 14.4 Å². The predicted octanol–water partition coefficient (Wildman–Crippen LogP) is -1.42. The van der Waals surface area contributed by atoms with Crippen molar-refractivity contribution in [1.82, 2.24) is 5.32 Å². The number of halogens is 3. The molecule has 0 radical (unpaired) electrons. The van der Waals surface area contributed by atoms with Crippen LogP contribution in [0.1, 0.15) is 17.3 Å². The fourth-order valence-electron chi connectivity index (χ4n) is 2.72. The zero-order chi connectivity index (χ0) is 25.6. The lowest BCUT2D eigenvalue weighted by Gasteiger charge is -2.28. The Labute approximate surface area is 230 Å². The van der Waals surface area contributed by atoms with Gasteiger partial charge in [-0.05, 0) is 67.8 Å². The topological polar surface area (TPSA) is 200 Å². The summed E-state index contributed by atoms with van der Waals surface area (Å²) < 4.78 is 0.955. The normalized spacial score (nSPS) is 14.8. The molecule has 0 saturated carbocycles. The summed E-state index contributed by atoms with van der Waals surface area (Å²) in [4.78, 5) is 38.7. The van der Waals surface area contributed by atoms with Crippen LogP contribution in [0.25, 0.3) is 0 Å². The third kappa shape index (κ3) is 7.06. The van der Waals surface area contributed by atoms with Crippen molar-refractivity contribution in [2.45, 2.75) is 31.3 Å². The number of benzene rings is 1. The second-order valence-corrected chi connectivity index (χ2v) is 9.92. The molecule has 0 heterocycles. The van der Waals surface area contributed by atoms with Crippen LogP contribution in [0.4, 0.5) is 11.4 Å². The van der Waals surface area contributed by atoms with Crippen molar-refractivity contribution in [2.24, 2.45) is 0 Å². The van der Waals surface area contributed by atoms with Gasteiger partial charge in [0.15, 0.2) is 6.10 Å². The standard InChI is InChI=1S/C18H24I3N3O9/c1-6(27)24(3-4-25)13-10(20)8(17(32)22-2)9(19)12(11(13)21)23-18(33)16(31)15(30)14(29)7(28)5-26/h7,14-16,25-26,28-31H,3-5H2,1-2H3,(H,22,32)(H,23,33)/t7-,14+,15-,16-/m1/s1. The van der Waals surface area contributed by atoms with Crippen LogP contribution < -0.4 is 15.5 Å². The number of amides is 3. The van der Waals surface area contributed by atoms with Crippen LogP contribution in [0.3, 0.4) is 0 Å². The summed E-state index contributed by atoms with van der Waals surface area (Å²) in [5.74, 6) is -2.13. The molecule has 0 aliphatic carbocycles. The van der Waals surface area contributed by atoms with Gasteiger partial charge < -0.3 is 46.2 Å². The molecular formula is C18H24I3N3O9. The lowest BCUT2D eigenvalue weighted by Crippen LogP contribution is -2.50. The highest BCUT2D eigenvalue weighted by atomic mass is 127. The zero-order valence-corrected chi connectivity index (χ0v) is 23.9. The average Bonchev–Trinajstić information content (AvgIpc) is 2.78. The van der Waals surface area contributed by atoms with Gasteiger partial charge in [-0.15, -0.1) is 0 Å². The Hall–Kier alpha value is -0.420. The molecule has 12 nitrogen and oxygen atoms in total. The molecule has 0 unspecified atom stereocenters. The molecule has 15 heteroatoms. The second kappa shape index (κ2) is 13.6. The monoisotopic (exact) mass is 807 g/mol. The summed E-state index contributed by atoms with van der Waals surface area (Å²) in [6.07, 6.45) is -8.15. The van der Waals surface area contributed by atoms with Crippen molar-refractivity contribution in [3.8, 4) is 0 Å². The number of carbonyl (C=O) groups excluding carboxylic acids is 3. The first-order chi connectivity index (χ1) is 15.3. The van der Waals surface area contributed by atoms with Crippen molar-refractivity contribution < 1.29 is 45.0 Å². The van der Waals surface area contributed by atoms with Gasteiger partial charge in [0.2, 0.25) is 5.91 Å². The minimum Gasteiger partial charge on any atom is -0.395 e. The molecular weight excluding hydrogens is 783 g/mol. The van der Waals surface area contributed by atoms with Gasteiger partial charge in [0.05, 0.1) is 40.9 Å². The first-order valence-electron chi connectivity index (χ1n) is 9.30. The molecule has 1 rings (SSSR count). The van der Waals surface area contributed by atoms with E-state index >= 15 is 0 Å². The number of nitrogens with one attached hydrogen (secondary N) is 2. The average molecular weight is 807 g/mol. The molecule has 0 bridgehead atoms. The van der Waals surface area contributed by atoms with E-state index in [0.29, 0.717) is 7.14 Å². The summed E-state index contributed by atoms with van der Waals surface area (Å²) in [5.41, 5.74) is 0.417. The summed E-state index contributed by atoms with van der Waals surface area (Å²) in [5, 5.41) is 62.6. The van der Waals surface area contributed by atoms with Crippen molar-refractivity contribution >= 4 is 96.9 Å². The fraction of sp³-hybridized carbons (Fsp3) is 0.500. The van der Waals surface area contributed by atoms with Crippen LogP contribution in [0, 0.1) is 10.7 Å². The van der Waals surface area contributed by atoms with Crippen molar-refractivity contribution in [1.29, 1.82) is 0 Å². The molecule has 0 aliphatic heterocycles. The Bertz CT molecular complexity index is 903. The zero-order valence-electron chi connectivity index (χ0n) is 17.4. The van der Waals surface area contributed by atoms with Crippen LogP contribution in [0.15, 0.2) is 0 Å². The number of anilines is 2. The van der Waals surface area contributed by atoms with E-state index in [-0.39, 0.29) is 33.7 Å². The van der Waals surface area contributed by atoms with E-state index in [2.05, 4.69) is 10.6 Å². The SMILES string of the molecule is CNC(=O)c1c(I)c(NC(=O)[C@H](O)[C@H](O)[C@@H](O)[C@H](O)CO)c(I)c(N(CCO)C(C)=O)c1I. The number of aliphatic hydroxyl groups excluding tert-OH is 6. The van der Waals surface area contributed by atoms with Crippen LogP contribution >= 0.6 is 67.8 Å². The van der Waals surface area contributed by atoms with E-state index in [1.54, 1.807) is 0 Å². The molecule has 3 amide bonds. The van der Waals surface area contributed by atoms with Crippen LogP contribution in [0.5, 0.6) is 0 Å². The number of aliphatic hydroxyl groups is 6. The maximum atomic E-state index is 12.6. The molecule has 0 saturated heterocycles. The maximum Gasteiger partial charge on any atom is 0.256 e. The Balaban J connectivity index is 3.60. The van der Waals surface area contributed by atoms with E-state index in [1.807, 2.05) is 67.8 Å². The first-order valence-corrected chi connectivity index (χ1v) is 12.5. The van der Waals surface area contributed by atoms with Gasteiger partial charge in [0, 0.05) is 20.5 Å². The fourth-order valence-corrected chi connectivity index (χ4v) is 7.23. The van der Waals surface area contributed by atoms with Crippen LogP contribution in [0.2, 0.25) is 0 Å². The largest absolute Gasteiger partial charge is 0.395 e. The van der Waals surface area contributed by atoms with E-state index < -0.39 is 48.7 Å². The molecule has 8 N–H and O–H groups in total. The minimum absolute atomic E-state index is 0.0443. The molecule has 0 aromatic heterocycles. The molecule has 4 atom stereocenters. The number of hydrogen-bond donors (Lipinski definition) is 8. The third-order valence-electron chi connectivity index (χ3n) is 4.49. The Kier molecular flexibility index (Phi) is 12.6. The molecule has 186 valence electrons. The lowest BCUT2D eigenvalue weighted by atomic mass is 10.0. The number of rotatable bonds is 10. The summed E-state index contributed by atoms with van der Waals surface area (Å²) >= 11 is 5.53. The Morgan fingerprint density at radius 3 is 2.00 bits per heavy atom. The summed E-state index contributed by atoms with van der Waals surface area (Å²) in [6.45, 7) is -0.102. The van der Waals surface area contributed by atoms with E-state index in [1.165, 1.54) is 18.9 Å². The number of hydrogen-bond acceptors (Lipinski definition) is 9. The second-order valence-electron chi connectivity index (χ2n) is 6.68. The van der Waals surface area contributed by atoms with Gasteiger partial charge in [0.25, 0.3) is 11.8 Å². The van der Waals surface area contributed by atoms with Crippen LogP contribution in [-0.2, 0) is 9.59 Å². The maximum absolute atomic E-state index is 12.6. The van der Waals surface area contributed by atoms with Gasteiger partial charge in [-0.1, -0.05) is 0 Å². The van der Waals surface area contributed by atoms with Gasteiger partial charge in [-0.25, -0.2) is 0 Å². The number of nitrogens with zero attached hydrogens (tertiary/aromatic N) is 1. The first kappa shape index (κ1) is 30.6. The quantitative estimate of drug-likeness (QED) is 0.131. The lowest BCUT2D eigenvalue weighted by molar-refractivity contribution is -0.144. The van der Waals surface area contributed by atoms with Gasteiger partial charge in [-0.2, -0.15) is 0 Å². The summed E-state index contributed by atoms with van der Waals surface area (Å²) in [6, 6.07) is 0. The number of carbonyl (C=O) groups is 3. The predicted molar refractivity (Wildman–Crippen MR) is 143 cm³/mol. The molecule has 0 spiro atoms. The van der Waals surface area contributed by atoms with Gasteiger partial charge >= 0.3 is 0 Å². The van der Waals surface area contributed by atoms with E-state index in [0.717, 1.165) is 0 Å². The molecule has 0 aliphatic rings. The Morgan fingerprint density at radius 2 is 1.55 bits per heavy atom. The minimum atomic E-state index is -2.21. The molecule has 1 aromatic carbocycles. The van der Waals surface area contributed by atoms with E-state index in [9.17, 15) is 39.9 Å². The highest BCUT2D eigenvalue weighted by molar-refractivity contribution is 14.1. The van der Waals surface area contributed by atoms with Crippen molar-refractivity contribution in [3.63, 3.8) is 0 Å². The third-order valence-corrected chi connectivity index (χ3v) is 7.67. The Morgan fingerprint density at radius 1 is 0.970 bits per heavy atom. The molecule has 0 fully saturated rings. The van der Waals surface area contributed by atoms with Crippen molar-refractivity contribution in [2.75, 3.05) is 37.0 Å². The molecule has 1 aromatic rings. The summed E-state index contributed by atoms with van der Waals surface area (Å²) in [7, 11) is 1.40.